The van der Waals surface area contributed by atoms with Gasteiger partial charge >= 0.3 is 0 Å². The van der Waals surface area contributed by atoms with E-state index in [1.807, 2.05) is 13.0 Å². The van der Waals surface area contributed by atoms with E-state index in [0.717, 1.165) is 32.5 Å². The molecule has 6 nitrogen and oxygen atoms in total. The average molecular weight is 342 g/mol. The minimum absolute atomic E-state index is 0.0580. The third-order valence-electron chi connectivity index (χ3n) is 4.56. The fraction of sp³-hybridized carbons (Fsp3) is 0.474. The topological polar surface area (TPSA) is 70.4 Å². The van der Waals surface area contributed by atoms with E-state index >= 15 is 0 Å². The minimum atomic E-state index is -0.223. The van der Waals surface area contributed by atoms with E-state index in [1.165, 1.54) is 5.56 Å². The molecule has 2 heterocycles. The Balaban J connectivity index is 1.49. The van der Waals surface area contributed by atoms with E-state index in [-0.39, 0.29) is 11.9 Å². The lowest BCUT2D eigenvalue weighted by molar-refractivity contribution is -0.118. The van der Waals surface area contributed by atoms with Crippen molar-refractivity contribution in [3.8, 4) is 0 Å². The van der Waals surface area contributed by atoms with Gasteiger partial charge in [-0.15, -0.1) is 0 Å². The van der Waals surface area contributed by atoms with Gasteiger partial charge in [0.05, 0.1) is 6.04 Å². The smallest absolute Gasteiger partial charge is 0.242 e. The predicted octanol–water partition coefficient (Wildman–Crippen LogP) is 2.56. The lowest BCUT2D eigenvalue weighted by atomic mass is 10.1. The molecule has 1 amide bonds. The summed E-state index contributed by atoms with van der Waals surface area (Å²) in [6.07, 6.45) is 1.79. The number of aryl methyl sites for hydroxylation is 1. The van der Waals surface area contributed by atoms with Crippen LogP contribution >= 0.6 is 0 Å². The molecule has 25 heavy (non-hydrogen) atoms. The van der Waals surface area contributed by atoms with Gasteiger partial charge < -0.3 is 15.2 Å². The summed E-state index contributed by atoms with van der Waals surface area (Å²) in [7, 11) is 0. The molecule has 6 heteroatoms. The Bertz CT molecular complexity index is 686. The summed E-state index contributed by atoms with van der Waals surface area (Å²) < 4.78 is 4.99. The van der Waals surface area contributed by atoms with Gasteiger partial charge in [0.25, 0.3) is 0 Å². The molecular weight excluding hydrogens is 316 g/mol. The summed E-state index contributed by atoms with van der Waals surface area (Å²) >= 11 is 0. The number of hydrogen-bond acceptors (Lipinski definition) is 5. The fourth-order valence-corrected chi connectivity index (χ4v) is 3.26. The van der Waals surface area contributed by atoms with Crippen LogP contribution in [0.25, 0.3) is 0 Å². The van der Waals surface area contributed by atoms with Crippen LogP contribution in [0.15, 0.2) is 40.9 Å². The highest BCUT2D eigenvalue weighted by Gasteiger charge is 2.27. The molecule has 1 aliphatic heterocycles. The molecule has 2 atom stereocenters. The molecule has 1 fully saturated rings. The van der Waals surface area contributed by atoms with Crippen LogP contribution in [0.2, 0.25) is 0 Å². The molecule has 2 aromatic rings. The second-order valence-electron chi connectivity index (χ2n) is 6.65. The van der Waals surface area contributed by atoms with Gasteiger partial charge in [-0.25, -0.2) is 0 Å². The summed E-state index contributed by atoms with van der Waals surface area (Å²) in [4.78, 5) is 14.9. The summed E-state index contributed by atoms with van der Waals surface area (Å²) in [5.74, 6) is 1.10. The highest BCUT2D eigenvalue weighted by atomic mass is 16.5. The molecule has 0 saturated carbocycles. The Morgan fingerprint density at radius 2 is 2.20 bits per heavy atom. The van der Waals surface area contributed by atoms with E-state index < -0.39 is 0 Å². The summed E-state index contributed by atoms with van der Waals surface area (Å²) in [5.41, 5.74) is 1.33. The molecule has 1 aromatic heterocycles. The van der Waals surface area contributed by atoms with E-state index in [0.29, 0.717) is 17.6 Å². The van der Waals surface area contributed by atoms with Crippen LogP contribution in [0.4, 0.5) is 5.82 Å². The van der Waals surface area contributed by atoms with Gasteiger partial charge in [-0.3, -0.25) is 9.69 Å². The zero-order chi connectivity index (χ0) is 17.6. The lowest BCUT2D eigenvalue weighted by Gasteiger charge is -2.21. The molecule has 0 spiro atoms. The molecule has 2 N–H and O–H groups in total. The van der Waals surface area contributed by atoms with Crippen molar-refractivity contribution in [2.45, 2.75) is 45.3 Å². The van der Waals surface area contributed by atoms with E-state index in [1.54, 1.807) is 13.0 Å². The number of anilines is 1. The van der Waals surface area contributed by atoms with Crippen molar-refractivity contribution in [1.82, 2.24) is 15.4 Å². The molecule has 3 rings (SSSR count). The number of benzene rings is 1. The first-order valence-corrected chi connectivity index (χ1v) is 8.90. The Labute approximate surface area is 148 Å². The van der Waals surface area contributed by atoms with Crippen LogP contribution in [0.5, 0.6) is 0 Å². The van der Waals surface area contributed by atoms with Gasteiger partial charge in [-0.2, -0.15) is 0 Å². The van der Waals surface area contributed by atoms with Crippen molar-refractivity contribution in [3.63, 3.8) is 0 Å². The summed E-state index contributed by atoms with van der Waals surface area (Å²) in [6, 6.07) is 12.3. The van der Waals surface area contributed by atoms with E-state index in [9.17, 15) is 4.79 Å². The molecule has 134 valence electrons. The van der Waals surface area contributed by atoms with Gasteiger partial charge in [0.15, 0.2) is 5.82 Å². The van der Waals surface area contributed by atoms with Crippen molar-refractivity contribution < 1.29 is 9.32 Å². The van der Waals surface area contributed by atoms with Gasteiger partial charge in [0.1, 0.15) is 5.76 Å². The van der Waals surface area contributed by atoms with E-state index in [2.05, 4.69) is 45.0 Å². The number of carbonyl (C=O) groups is 1. The maximum Gasteiger partial charge on any atom is 0.242 e. The van der Waals surface area contributed by atoms with Crippen molar-refractivity contribution >= 4 is 11.7 Å². The average Bonchev–Trinajstić information content (AvgIpc) is 3.22. The van der Waals surface area contributed by atoms with Crippen molar-refractivity contribution in [3.05, 3.63) is 47.7 Å². The monoisotopic (exact) mass is 342 g/mol. The van der Waals surface area contributed by atoms with Crippen molar-refractivity contribution in [2.75, 3.05) is 18.4 Å². The SMILES string of the molecule is CCC(NC1CCN(Cc2ccccc2)C1)C(=O)Nc1cc(C)on1. The number of hydrogen-bond donors (Lipinski definition) is 2. The highest BCUT2D eigenvalue weighted by Crippen LogP contribution is 2.15. The first-order chi connectivity index (χ1) is 12.1. The minimum Gasteiger partial charge on any atom is -0.360 e. The van der Waals surface area contributed by atoms with Crippen LogP contribution in [-0.2, 0) is 11.3 Å². The summed E-state index contributed by atoms with van der Waals surface area (Å²) in [6.45, 7) is 6.79. The normalized spacial score (nSPS) is 19.0. The predicted molar refractivity (Wildman–Crippen MR) is 97.2 cm³/mol. The molecule has 1 aromatic carbocycles. The highest BCUT2D eigenvalue weighted by molar-refractivity contribution is 5.94. The third kappa shape index (κ3) is 4.90. The summed E-state index contributed by atoms with van der Waals surface area (Å²) in [5, 5.41) is 10.1. The van der Waals surface area contributed by atoms with Crippen LogP contribution in [0, 0.1) is 6.92 Å². The first-order valence-electron chi connectivity index (χ1n) is 8.90. The number of likely N-dealkylation sites (tertiary alicyclic amines) is 1. The third-order valence-corrected chi connectivity index (χ3v) is 4.56. The molecule has 2 unspecified atom stereocenters. The number of aromatic nitrogens is 1. The van der Waals surface area contributed by atoms with Gasteiger partial charge in [0.2, 0.25) is 5.91 Å². The molecule has 1 saturated heterocycles. The Hall–Kier alpha value is -2.18. The quantitative estimate of drug-likeness (QED) is 0.809. The standard InChI is InChI=1S/C19H26N4O2/c1-3-17(19(24)21-18-11-14(2)25-22-18)20-16-9-10-23(13-16)12-15-7-5-4-6-8-15/h4-8,11,16-17,20H,3,9-10,12-13H2,1-2H3,(H,21,22,24). The molecule has 0 radical (unpaired) electrons. The molecule has 0 aliphatic carbocycles. The Morgan fingerprint density at radius 1 is 1.40 bits per heavy atom. The second-order valence-corrected chi connectivity index (χ2v) is 6.65. The van der Waals surface area contributed by atoms with Crippen LogP contribution in [0.1, 0.15) is 31.1 Å². The van der Waals surface area contributed by atoms with Crippen LogP contribution in [-0.4, -0.2) is 41.1 Å². The Morgan fingerprint density at radius 3 is 2.88 bits per heavy atom. The van der Waals surface area contributed by atoms with Crippen LogP contribution < -0.4 is 10.6 Å². The second kappa shape index (κ2) is 8.27. The molecule has 1 aliphatic rings. The zero-order valence-corrected chi connectivity index (χ0v) is 14.9. The van der Waals surface area contributed by atoms with Gasteiger partial charge in [0, 0.05) is 31.7 Å². The maximum absolute atomic E-state index is 12.4. The largest absolute Gasteiger partial charge is 0.360 e. The van der Waals surface area contributed by atoms with Gasteiger partial charge in [-0.1, -0.05) is 42.4 Å². The number of nitrogens with zero attached hydrogens (tertiary/aromatic N) is 2. The number of carbonyl (C=O) groups excluding carboxylic acids is 1. The van der Waals surface area contributed by atoms with Crippen LogP contribution in [0.3, 0.4) is 0 Å². The zero-order valence-electron chi connectivity index (χ0n) is 14.9. The molecular formula is C19H26N4O2. The van der Waals surface area contributed by atoms with Gasteiger partial charge in [-0.05, 0) is 25.3 Å². The first kappa shape index (κ1) is 17.6. The van der Waals surface area contributed by atoms with Crippen molar-refractivity contribution in [1.29, 1.82) is 0 Å². The molecule has 0 bridgehead atoms. The van der Waals surface area contributed by atoms with Crippen molar-refractivity contribution in [2.24, 2.45) is 0 Å². The number of rotatable bonds is 7. The Kier molecular flexibility index (Phi) is 5.83. The maximum atomic E-state index is 12.4. The van der Waals surface area contributed by atoms with E-state index in [4.69, 9.17) is 4.52 Å². The lowest BCUT2D eigenvalue weighted by Crippen LogP contribution is -2.46. The fourth-order valence-electron chi connectivity index (χ4n) is 3.26. The number of amides is 1. The number of nitrogens with one attached hydrogen (secondary N) is 2.